The van der Waals surface area contributed by atoms with Crippen LogP contribution in [0.15, 0.2) is 24.3 Å². The Morgan fingerprint density at radius 1 is 1.30 bits per heavy atom. The van der Waals surface area contributed by atoms with Crippen LogP contribution in [0.3, 0.4) is 0 Å². The number of hydrogen-bond acceptors (Lipinski definition) is 3. The molecule has 0 saturated heterocycles. The van der Waals surface area contributed by atoms with Crippen LogP contribution in [0, 0.1) is 0 Å². The third-order valence-electron chi connectivity index (χ3n) is 3.35. The van der Waals surface area contributed by atoms with E-state index < -0.39 is 0 Å². The average molecular weight is 327 g/mol. The molecular formula is C14H12Cl2N2OS. The van der Waals surface area contributed by atoms with Crippen molar-refractivity contribution in [3.8, 4) is 0 Å². The minimum Gasteiger partial charge on any atom is -0.399 e. The van der Waals surface area contributed by atoms with Gasteiger partial charge in [0.25, 0.3) is 5.91 Å². The van der Waals surface area contributed by atoms with Crippen molar-refractivity contribution in [1.29, 1.82) is 0 Å². The largest absolute Gasteiger partial charge is 0.399 e. The Morgan fingerprint density at radius 3 is 2.80 bits per heavy atom. The molecule has 0 atom stereocenters. The van der Waals surface area contributed by atoms with Crippen molar-refractivity contribution in [1.82, 2.24) is 0 Å². The number of halogens is 2. The van der Waals surface area contributed by atoms with Gasteiger partial charge in [0.1, 0.15) is 4.34 Å². The summed E-state index contributed by atoms with van der Waals surface area (Å²) in [4.78, 5) is 14.4. The minimum atomic E-state index is -0.108. The van der Waals surface area contributed by atoms with Crippen LogP contribution in [0.4, 0.5) is 11.4 Å². The van der Waals surface area contributed by atoms with E-state index in [4.69, 9.17) is 28.9 Å². The molecule has 0 spiro atoms. The van der Waals surface area contributed by atoms with E-state index in [1.165, 1.54) is 11.3 Å². The van der Waals surface area contributed by atoms with E-state index in [2.05, 4.69) is 0 Å². The van der Waals surface area contributed by atoms with Gasteiger partial charge in [-0.25, -0.2) is 0 Å². The van der Waals surface area contributed by atoms with Gasteiger partial charge in [-0.2, -0.15) is 0 Å². The zero-order chi connectivity index (χ0) is 14.3. The molecule has 0 fully saturated rings. The molecule has 6 heteroatoms. The maximum Gasteiger partial charge on any atom is 0.260 e. The molecular weight excluding hydrogens is 315 g/mol. The molecule has 2 heterocycles. The highest BCUT2D eigenvalue weighted by Crippen LogP contribution is 2.35. The number of thiophene rings is 1. The van der Waals surface area contributed by atoms with Crippen LogP contribution in [0.2, 0.25) is 8.67 Å². The summed E-state index contributed by atoms with van der Waals surface area (Å²) in [5.41, 5.74) is 8.99. The second kappa shape index (κ2) is 5.28. The molecule has 3 nitrogen and oxygen atoms in total. The lowest BCUT2D eigenvalue weighted by Crippen LogP contribution is -2.35. The smallest absolute Gasteiger partial charge is 0.260 e. The van der Waals surface area contributed by atoms with Gasteiger partial charge in [0.2, 0.25) is 0 Å². The summed E-state index contributed by atoms with van der Waals surface area (Å²) in [6.07, 6.45) is 1.85. The molecule has 0 aliphatic carbocycles. The molecule has 1 amide bonds. The molecule has 2 aromatic rings. The van der Waals surface area contributed by atoms with Gasteiger partial charge in [-0.15, -0.1) is 11.3 Å². The van der Waals surface area contributed by atoms with Gasteiger partial charge >= 0.3 is 0 Å². The van der Waals surface area contributed by atoms with Crippen molar-refractivity contribution in [3.63, 3.8) is 0 Å². The first-order chi connectivity index (χ1) is 9.56. The Kier molecular flexibility index (Phi) is 3.63. The number of nitrogen functional groups attached to an aromatic ring is 1. The second-order valence-corrected chi connectivity index (χ2v) is 6.97. The number of fused-ring (bicyclic) bond motifs is 1. The number of amides is 1. The number of hydrogen-bond donors (Lipinski definition) is 1. The van der Waals surface area contributed by atoms with Crippen LogP contribution in [0.25, 0.3) is 0 Å². The maximum atomic E-state index is 12.6. The summed E-state index contributed by atoms with van der Waals surface area (Å²) >= 11 is 13.2. The standard InChI is InChI=1S/C14H12Cl2N2OS/c15-12-7-10(13(16)20-12)14(19)18-5-1-2-8-6-9(17)3-4-11(8)18/h3-4,6-7H,1-2,5,17H2. The van der Waals surface area contributed by atoms with Crippen molar-refractivity contribution in [2.45, 2.75) is 12.8 Å². The number of nitrogens with two attached hydrogens (primary N) is 1. The zero-order valence-corrected chi connectivity index (χ0v) is 12.9. The first-order valence-corrected chi connectivity index (χ1v) is 7.78. The van der Waals surface area contributed by atoms with Gasteiger partial charge in [-0.05, 0) is 42.7 Å². The molecule has 1 aliphatic rings. The van der Waals surface area contributed by atoms with Gasteiger partial charge < -0.3 is 10.6 Å². The number of nitrogens with zero attached hydrogens (tertiary/aromatic N) is 1. The number of benzene rings is 1. The molecule has 0 bridgehead atoms. The summed E-state index contributed by atoms with van der Waals surface area (Å²) < 4.78 is 0.954. The van der Waals surface area contributed by atoms with Gasteiger partial charge in [-0.1, -0.05) is 23.2 Å². The van der Waals surface area contributed by atoms with Crippen molar-refractivity contribution in [2.75, 3.05) is 17.2 Å². The van der Waals surface area contributed by atoms with Gasteiger partial charge in [0.15, 0.2) is 0 Å². The minimum absolute atomic E-state index is 0.108. The topological polar surface area (TPSA) is 46.3 Å². The highest BCUT2D eigenvalue weighted by molar-refractivity contribution is 7.20. The van der Waals surface area contributed by atoms with E-state index in [1.54, 1.807) is 11.0 Å². The zero-order valence-electron chi connectivity index (χ0n) is 10.5. The van der Waals surface area contributed by atoms with Crippen LogP contribution < -0.4 is 10.6 Å². The van der Waals surface area contributed by atoms with Gasteiger partial charge in [-0.3, -0.25) is 4.79 Å². The predicted octanol–water partition coefficient (Wildman–Crippen LogP) is 4.23. The quantitative estimate of drug-likeness (QED) is 0.797. The third-order valence-corrected chi connectivity index (χ3v) is 4.84. The monoisotopic (exact) mass is 326 g/mol. The van der Waals surface area contributed by atoms with E-state index >= 15 is 0 Å². The molecule has 0 unspecified atom stereocenters. The van der Waals surface area contributed by atoms with E-state index in [0.29, 0.717) is 20.8 Å². The predicted molar refractivity (Wildman–Crippen MR) is 85.2 cm³/mol. The SMILES string of the molecule is Nc1ccc2c(c1)CCCN2C(=O)c1cc(Cl)sc1Cl. The van der Waals surface area contributed by atoms with E-state index in [0.717, 1.165) is 29.8 Å². The Morgan fingerprint density at radius 2 is 2.10 bits per heavy atom. The molecule has 2 N–H and O–H groups in total. The lowest BCUT2D eigenvalue weighted by molar-refractivity contribution is 0.0985. The number of rotatable bonds is 1. The first kappa shape index (κ1) is 13.7. The van der Waals surface area contributed by atoms with Crippen LogP contribution in [0.5, 0.6) is 0 Å². The fraction of sp³-hybridized carbons (Fsp3) is 0.214. The first-order valence-electron chi connectivity index (χ1n) is 6.21. The van der Waals surface area contributed by atoms with Crippen LogP contribution in [0.1, 0.15) is 22.3 Å². The fourth-order valence-electron chi connectivity index (χ4n) is 2.46. The second-order valence-electron chi connectivity index (χ2n) is 4.69. The highest BCUT2D eigenvalue weighted by atomic mass is 35.5. The number of aryl methyl sites for hydroxylation is 1. The van der Waals surface area contributed by atoms with Crippen molar-refractivity contribution >= 4 is 51.8 Å². The van der Waals surface area contributed by atoms with Crippen molar-refractivity contribution < 1.29 is 4.79 Å². The molecule has 104 valence electrons. The molecule has 3 rings (SSSR count). The molecule has 0 saturated carbocycles. The summed E-state index contributed by atoms with van der Waals surface area (Å²) in [5.74, 6) is -0.108. The van der Waals surface area contributed by atoms with Crippen molar-refractivity contribution in [2.24, 2.45) is 0 Å². The summed E-state index contributed by atoms with van der Waals surface area (Å²) in [5, 5.41) is 0. The van der Waals surface area contributed by atoms with Gasteiger partial charge in [0, 0.05) is 17.9 Å². The van der Waals surface area contributed by atoms with E-state index in [9.17, 15) is 4.79 Å². The van der Waals surface area contributed by atoms with Crippen LogP contribution >= 0.6 is 34.5 Å². The summed E-state index contributed by atoms with van der Waals surface area (Å²) in [6, 6.07) is 7.26. The summed E-state index contributed by atoms with van der Waals surface area (Å²) in [6.45, 7) is 0.680. The Labute approximate surface area is 130 Å². The van der Waals surface area contributed by atoms with Crippen LogP contribution in [-0.4, -0.2) is 12.5 Å². The van der Waals surface area contributed by atoms with E-state index in [-0.39, 0.29) is 5.91 Å². The van der Waals surface area contributed by atoms with E-state index in [1.807, 2.05) is 18.2 Å². The third kappa shape index (κ3) is 2.39. The molecule has 1 aromatic carbocycles. The number of carbonyl (C=O) groups is 1. The van der Waals surface area contributed by atoms with Crippen molar-refractivity contribution in [3.05, 3.63) is 44.1 Å². The summed E-state index contributed by atoms with van der Waals surface area (Å²) in [7, 11) is 0. The molecule has 20 heavy (non-hydrogen) atoms. The average Bonchev–Trinajstić information content (AvgIpc) is 2.76. The molecule has 0 radical (unpaired) electrons. The lowest BCUT2D eigenvalue weighted by atomic mass is 10.0. The Bertz CT molecular complexity index is 684. The Balaban J connectivity index is 2.00. The molecule has 1 aromatic heterocycles. The normalized spacial score (nSPS) is 14.2. The molecule has 1 aliphatic heterocycles. The maximum absolute atomic E-state index is 12.6. The Hall–Kier alpha value is -1.23. The lowest BCUT2D eigenvalue weighted by Gasteiger charge is -2.29. The van der Waals surface area contributed by atoms with Crippen LogP contribution in [-0.2, 0) is 6.42 Å². The number of carbonyl (C=O) groups excluding carboxylic acids is 1. The highest BCUT2D eigenvalue weighted by Gasteiger charge is 2.26. The van der Waals surface area contributed by atoms with Gasteiger partial charge in [0.05, 0.1) is 9.90 Å². The fourth-order valence-corrected chi connectivity index (χ4v) is 3.91. The number of anilines is 2.